The number of hydrogen-bond acceptors (Lipinski definition) is 2. The Morgan fingerprint density at radius 2 is 1.15 bits per heavy atom. The number of fused-ring (bicyclic) bond motifs is 2. The molecule has 0 atom stereocenters. The highest BCUT2D eigenvalue weighted by molar-refractivity contribution is 6.28. The fourth-order valence-electron chi connectivity index (χ4n) is 3.35. The first-order valence-corrected chi connectivity index (χ1v) is 7.10. The van der Waals surface area contributed by atoms with E-state index in [0.29, 0.717) is 11.1 Å². The standard InChI is InChI=1S/C18H14O2/c19-17-13-7-3-4-8-14(13)18(20)16-10-12-6-2-1-5-11(12)9-15(16)17/h1-2,5-6,9-10H,3-4,7-8H2. The van der Waals surface area contributed by atoms with Crippen molar-refractivity contribution in [1.29, 1.82) is 0 Å². The number of allylic oxidation sites excluding steroid dienone is 2. The van der Waals surface area contributed by atoms with Crippen molar-refractivity contribution in [2.45, 2.75) is 25.7 Å². The number of hydrogen-bond donors (Lipinski definition) is 0. The molecule has 0 radical (unpaired) electrons. The molecule has 0 heterocycles. The van der Waals surface area contributed by atoms with Crippen LogP contribution in [0.5, 0.6) is 0 Å². The summed E-state index contributed by atoms with van der Waals surface area (Å²) in [6.45, 7) is 0. The lowest BCUT2D eigenvalue weighted by Gasteiger charge is -2.24. The highest BCUT2D eigenvalue weighted by Gasteiger charge is 2.33. The third-order valence-corrected chi connectivity index (χ3v) is 4.39. The van der Waals surface area contributed by atoms with Crippen molar-refractivity contribution in [2.24, 2.45) is 0 Å². The minimum absolute atomic E-state index is 0.0695. The van der Waals surface area contributed by atoms with Gasteiger partial charge >= 0.3 is 0 Å². The lowest BCUT2D eigenvalue weighted by Crippen LogP contribution is -2.24. The number of benzene rings is 2. The molecule has 2 nitrogen and oxygen atoms in total. The smallest absolute Gasteiger partial charge is 0.190 e. The summed E-state index contributed by atoms with van der Waals surface area (Å²) in [6, 6.07) is 11.6. The number of carbonyl (C=O) groups excluding carboxylic acids is 2. The van der Waals surface area contributed by atoms with E-state index in [0.717, 1.165) is 47.6 Å². The summed E-state index contributed by atoms with van der Waals surface area (Å²) in [6.07, 6.45) is 3.54. The Morgan fingerprint density at radius 1 is 0.700 bits per heavy atom. The molecule has 0 bridgehead atoms. The quantitative estimate of drug-likeness (QED) is 0.716. The van der Waals surface area contributed by atoms with Gasteiger partial charge in [-0.15, -0.1) is 0 Å². The highest BCUT2D eigenvalue weighted by atomic mass is 16.1. The lowest BCUT2D eigenvalue weighted by atomic mass is 9.77. The van der Waals surface area contributed by atoms with Gasteiger partial charge in [0.1, 0.15) is 0 Å². The Bertz CT molecular complexity index is 730. The van der Waals surface area contributed by atoms with E-state index in [4.69, 9.17) is 0 Å². The number of rotatable bonds is 0. The Kier molecular flexibility index (Phi) is 2.40. The summed E-state index contributed by atoms with van der Waals surface area (Å²) in [5.41, 5.74) is 2.72. The van der Waals surface area contributed by atoms with E-state index < -0.39 is 0 Å². The van der Waals surface area contributed by atoms with Gasteiger partial charge in [-0.3, -0.25) is 9.59 Å². The van der Waals surface area contributed by atoms with Crippen molar-refractivity contribution in [3.63, 3.8) is 0 Å². The topological polar surface area (TPSA) is 34.1 Å². The van der Waals surface area contributed by atoms with E-state index in [1.165, 1.54) is 0 Å². The third kappa shape index (κ3) is 1.51. The van der Waals surface area contributed by atoms with Crippen LogP contribution in [0.4, 0.5) is 0 Å². The predicted octanol–water partition coefficient (Wildman–Crippen LogP) is 4.09. The molecule has 2 heteroatoms. The van der Waals surface area contributed by atoms with Crippen molar-refractivity contribution < 1.29 is 9.59 Å². The zero-order valence-corrected chi connectivity index (χ0v) is 11.1. The maximum atomic E-state index is 12.6. The molecule has 2 aromatic rings. The van der Waals surface area contributed by atoms with Crippen molar-refractivity contribution in [3.05, 3.63) is 58.7 Å². The van der Waals surface area contributed by atoms with Crippen LogP contribution in [0.3, 0.4) is 0 Å². The van der Waals surface area contributed by atoms with Gasteiger partial charge in [-0.05, 0) is 48.6 Å². The van der Waals surface area contributed by atoms with Crippen LogP contribution in [0.15, 0.2) is 47.5 Å². The van der Waals surface area contributed by atoms with Gasteiger partial charge in [0.25, 0.3) is 0 Å². The summed E-state index contributed by atoms with van der Waals surface area (Å²) in [7, 11) is 0. The second-order valence-electron chi connectivity index (χ2n) is 5.57. The van der Waals surface area contributed by atoms with Crippen molar-refractivity contribution in [3.8, 4) is 0 Å². The molecule has 0 unspecified atom stereocenters. The van der Waals surface area contributed by atoms with Crippen LogP contribution in [0.2, 0.25) is 0 Å². The van der Waals surface area contributed by atoms with Gasteiger partial charge < -0.3 is 0 Å². The first-order valence-electron chi connectivity index (χ1n) is 7.10. The van der Waals surface area contributed by atoms with E-state index in [-0.39, 0.29) is 11.6 Å². The molecular formula is C18H14O2. The fourth-order valence-corrected chi connectivity index (χ4v) is 3.35. The Morgan fingerprint density at radius 3 is 1.60 bits per heavy atom. The molecule has 0 amide bonds. The molecule has 4 rings (SSSR count). The second kappa shape index (κ2) is 4.14. The van der Waals surface area contributed by atoms with Gasteiger partial charge in [0, 0.05) is 22.3 Å². The largest absolute Gasteiger partial charge is 0.289 e. The minimum Gasteiger partial charge on any atom is -0.289 e. The maximum Gasteiger partial charge on any atom is 0.190 e. The summed E-state index contributed by atoms with van der Waals surface area (Å²) >= 11 is 0. The SMILES string of the molecule is O=C1C2=C(CCCC2)C(=O)c2cc3ccccc3cc21. The normalized spacial score (nSPS) is 18.2. The molecule has 0 spiro atoms. The zero-order chi connectivity index (χ0) is 13.7. The molecule has 0 N–H and O–H groups in total. The highest BCUT2D eigenvalue weighted by Crippen LogP contribution is 2.36. The van der Waals surface area contributed by atoms with Crippen LogP contribution in [-0.4, -0.2) is 11.6 Å². The van der Waals surface area contributed by atoms with Gasteiger partial charge in [-0.25, -0.2) is 0 Å². The van der Waals surface area contributed by atoms with Gasteiger partial charge in [0.05, 0.1) is 0 Å². The average molecular weight is 262 g/mol. The zero-order valence-electron chi connectivity index (χ0n) is 11.1. The van der Waals surface area contributed by atoms with Gasteiger partial charge in [0.2, 0.25) is 0 Å². The van der Waals surface area contributed by atoms with Gasteiger partial charge in [0.15, 0.2) is 11.6 Å². The molecule has 2 aliphatic rings. The Labute approximate surface area is 117 Å². The second-order valence-corrected chi connectivity index (χ2v) is 5.57. The van der Waals surface area contributed by atoms with E-state index in [1.54, 1.807) is 0 Å². The molecule has 0 fully saturated rings. The van der Waals surface area contributed by atoms with Gasteiger partial charge in [-0.1, -0.05) is 24.3 Å². The van der Waals surface area contributed by atoms with Crippen molar-refractivity contribution in [2.75, 3.05) is 0 Å². The molecule has 2 aromatic carbocycles. The first-order chi connectivity index (χ1) is 9.75. The monoisotopic (exact) mass is 262 g/mol. The van der Waals surface area contributed by atoms with Gasteiger partial charge in [-0.2, -0.15) is 0 Å². The first kappa shape index (κ1) is 11.6. The van der Waals surface area contributed by atoms with E-state index in [9.17, 15) is 9.59 Å². The van der Waals surface area contributed by atoms with Crippen LogP contribution < -0.4 is 0 Å². The minimum atomic E-state index is 0.0695. The van der Waals surface area contributed by atoms with E-state index in [1.807, 2.05) is 36.4 Å². The third-order valence-electron chi connectivity index (χ3n) is 4.39. The fraction of sp³-hybridized carbons (Fsp3) is 0.222. The molecule has 0 aliphatic heterocycles. The molecule has 0 aromatic heterocycles. The van der Waals surface area contributed by atoms with Crippen molar-refractivity contribution in [1.82, 2.24) is 0 Å². The molecular weight excluding hydrogens is 248 g/mol. The van der Waals surface area contributed by atoms with Crippen LogP contribution in [0, 0.1) is 0 Å². The predicted molar refractivity (Wildman–Crippen MR) is 78.1 cm³/mol. The summed E-state index contributed by atoms with van der Waals surface area (Å²) in [5, 5.41) is 2.04. The summed E-state index contributed by atoms with van der Waals surface area (Å²) in [4.78, 5) is 25.3. The molecule has 98 valence electrons. The lowest BCUT2D eigenvalue weighted by molar-refractivity contribution is 0.0965. The number of ketones is 2. The summed E-state index contributed by atoms with van der Waals surface area (Å²) < 4.78 is 0. The Balaban J connectivity index is 2.00. The van der Waals surface area contributed by atoms with Crippen LogP contribution in [-0.2, 0) is 0 Å². The summed E-state index contributed by atoms with van der Waals surface area (Å²) in [5.74, 6) is 0.139. The van der Waals surface area contributed by atoms with Crippen LogP contribution in [0.25, 0.3) is 10.8 Å². The molecule has 0 saturated heterocycles. The number of carbonyl (C=O) groups is 2. The van der Waals surface area contributed by atoms with E-state index in [2.05, 4.69) is 0 Å². The number of Topliss-reactive ketones (excluding diaryl/α,β-unsaturated/α-hetero) is 2. The molecule has 2 aliphatic carbocycles. The Hall–Kier alpha value is -2.22. The van der Waals surface area contributed by atoms with Crippen LogP contribution >= 0.6 is 0 Å². The van der Waals surface area contributed by atoms with Crippen molar-refractivity contribution >= 4 is 22.3 Å². The van der Waals surface area contributed by atoms with Crippen LogP contribution in [0.1, 0.15) is 46.4 Å². The molecule has 20 heavy (non-hydrogen) atoms. The average Bonchev–Trinajstić information content (AvgIpc) is 2.51. The molecule has 0 saturated carbocycles. The maximum absolute atomic E-state index is 12.6. The van der Waals surface area contributed by atoms with E-state index >= 15 is 0 Å².